The van der Waals surface area contributed by atoms with Gasteiger partial charge in [0.1, 0.15) is 0 Å². The fourth-order valence-electron chi connectivity index (χ4n) is 4.85. The summed E-state index contributed by atoms with van der Waals surface area (Å²) >= 11 is 0. The summed E-state index contributed by atoms with van der Waals surface area (Å²) in [6.07, 6.45) is 3.62. The van der Waals surface area contributed by atoms with Crippen LogP contribution in [0.25, 0.3) is 0 Å². The molecule has 0 aliphatic rings. The lowest BCUT2D eigenvalue weighted by Gasteiger charge is -2.36. The highest BCUT2D eigenvalue weighted by molar-refractivity contribution is 5.35. The number of hydrogen-bond donors (Lipinski definition) is 0. The van der Waals surface area contributed by atoms with E-state index in [-0.39, 0.29) is 10.8 Å². The monoisotopic (exact) mass is 489 g/mol. The van der Waals surface area contributed by atoms with Crippen molar-refractivity contribution in [2.75, 3.05) is 0 Å². The van der Waals surface area contributed by atoms with E-state index in [1.807, 2.05) is 18.2 Å². The fraction of sp³-hybridized carbons (Fsp3) is 0.629. The van der Waals surface area contributed by atoms with Crippen LogP contribution in [0.1, 0.15) is 143 Å². The molecule has 1 nitrogen and oxygen atoms in total. The molecule has 0 amide bonds. The first-order chi connectivity index (χ1) is 16.3. The molecule has 2 unspecified atom stereocenters. The third-order valence-corrected chi connectivity index (χ3v) is 6.88. The Balaban J connectivity index is 0.000000360. The van der Waals surface area contributed by atoms with Crippen molar-refractivity contribution in [3.05, 3.63) is 70.8 Å². The van der Waals surface area contributed by atoms with E-state index in [4.69, 9.17) is 5.26 Å². The Kier molecular flexibility index (Phi) is 11.1. The largest absolute Gasteiger partial charge is 0.192 e. The molecule has 0 bridgehead atoms. The summed E-state index contributed by atoms with van der Waals surface area (Å²) in [5.74, 6) is 1.17. The van der Waals surface area contributed by atoms with Crippen LogP contribution in [0.5, 0.6) is 0 Å². The molecule has 0 aromatic heterocycles. The number of nitriles is 1. The summed E-state index contributed by atoms with van der Waals surface area (Å²) < 4.78 is 0. The van der Waals surface area contributed by atoms with Gasteiger partial charge < -0.3 is 0 Å². The molecule has 0 saturated heterocycles. The van der Waals surface area contributed by atoms with Crippen molar-refractivity contribution in [3.63, 3.8) is 0 Å². The number of benzene rings is 2. The Morgan fingerprint density at radius 2 is 1.22 bits per heavy atom. The third-order valence-electron chi connectivity index (χ3n) is 6.88. The lowest BCUT2D eigenvalue weighted by Crippen LogP contribution is -2.23. The number of hydrogen-bond acceptors (Lipinski definition) is 1. The molecule has 0 N–H and O–H groups in total. The molecule has 2 rings (SSSR count). The van der Waals surface area contributed by atoms with Crippen LogP contribution < -0.4 is 0 Å². The zero-order chi connectivity index (χ0) is 27.9. The molecule has 0 radical (unpaired) electrons. The van der Waals surface area contributed by atoms with Gasteiger partial charge in [-0.15, -0.1) is 0 Å². The first-order valence-electron chi connectivity index (χ1n) is 13.9. The van der Waals surface area contributed by atoms with Crippen LogP contribution in [0.15, 0.2) is 48.5 Å². The van der Waals surface area contributed by atoms with Gasteiger partial charge in [-0.3, -0.25) is 0 Å². The smallest absolute Gasteiger partial charge is 0.0991 e. The topological polar surface area (TPSA) is 23.8 Å². The van der Waals surface area contributed by atoms with Crippen molar-refractivity contribution in [1.29, 1.82) is 5.26 Å². The second-order valence-corrected chi connectivity index (χ2v) is 15.2. The highest BCUT2D eigenvalue weighted by atomic mass is 14.3. The van der Waals surface area contributed by atoms with E-state index >= 15 is 0 Å². The zero-order valence-electron chi connectivity index (χ0n) is 25.8. The predicted octanol–water partition coefficient (Wildman–Crippen LogP) is 11.0. The Morgan fingerprint density at radius 3 is 1.61 bits per heavy atom. The molecule has 0 aliphatic heterocycles. The Bertz CT molecular complexity index is 960. The summed E-state index contributed by atoms with van der Waals surface area (Å²) in [7, 11) is 0. The first-order valence-corrected chi connectivity index (χ1v) is 13.9. The zero-order valence-corrected chi connectivity index (χ0v) is 25.8. The summed E-state index contributed by atoms with van der Waals surface area (Å²) in [6.45, 7) is 29.8. The van der Waals surface area contributed by atoms with Crippen LogP contribution in [0, 0.1) is 27.6 Å². The Morgan fingerprint density at radius 1 is 0.694 bits per heavy atom. The highest BCUT2D eigenvalue weighted by Gasteiger charge is 2.30. The number of rotatable bonds is 5. The fourth-order valence-corrected chi connectivity index (χ4v) is 4.85. The van der Waals surface area contributed by atoms with Gasteiger partial charge >= 0.3 is 0 Å². The van der Waals surface area contributed by atoms with Crippen LogP contribution in [0.2, 0.25) is 0 Å². The van der Waals surface area contributed by atoms with Crippen LogP contribution >= 0.6 is 0 Å². The van der Waals surface area contributed by atoms with E-state index in [1.54, 1.807) is 0 Å². The van der Waals surface area contributed by atoms with Crippen LogP contribution in [-0.4, -0.2) is 0 Å². The van der Waals surface area contributed by atoms with Gasteiger partial charge in [0.25, 0.3) is 0 Å². The molecule has 2 atom stereocenters. The molecule has 0 heterocycles. The van der Waals surface area contributed by atoms with E-state index in [2.05, 4.69) is 126 Å². The van der Waals surface area contributed by atoms with Crippen molar-refractivity contribution < 1.29 is 0 Å². The van der Waals surface area contributed by atoms with E-state index in [9.17, 15) is 0 Å². The molecule has 200 valence electrons. The van der Waals surface area contributed by atoms with Crippen LogP contribution in [0.3, 0.4) is 0 Å². The third kappa shape index (κ3) is 11.3. The van der Waals surface area contributed by atoms with Gasteiger partial charge in [-0.05, 0) is 81.6 Å². The quantitative estimate of drug-likeness (QED) is 0.409. The van der Waals surface area contributed by atoms with Gasteiger partial charge in [-0.2, -0.15) is 5.26 Å². The predicted molar refractivity (Wildman–Crippen MR) is 160 cm³/mol. The van der Waals surface area contributed by atoms with E-state index < -0.39 is 0 Å². The maximum atomic E-state index is 9.03. The molecule has 0 aliphatic carbocycles. The van der Waals surface area contributed by atoms with Gasteiger partial charge in [0.2, 0.25) is 0 Å². The summed E-state index contributed by atoms with van der Waals surface area (Å²) in [5.41, 5.74) is 6.14. The SMILES string of the molecule is CC(C)(C)CC(c1cccc(C#N)c1)C(C)(C)C.CCC(CC(C)(C)C)c1ccc(C(C)(C)C)cc1. The summed E-state index contributed by atoms with van der Waals surface area (Å²) in [6, 6.07) is 19.6. The van der Waals surface area contributed by atoms with E-state index in [1.165, 1.54) is 29.5 Å². The van der Waals surface area contributed by atoms with Crippen molar-refractivity contribution in [1.82, 2.24) is 0 Å². The summed E-state index contributed by atoms with van der Waals surface area (Å²) in [4.78, 5) is 0. The normalized spacial score (nSPS) is 14.3. The van der Waals surface area contributed by atoms with E-state index in [0.717, 1.165) is 12.0 Å². The Labute approximate surface area is 224 Å². The lowest BCUT2D eigenvalue weighted by molar-refractivity contribution is 0.229. The molecule has 2 aromatic rings. The van der Waals surface area contributed by atoms with Gasteiger partial charge in [-0.25, -0.2) is 0 Å². The molecule has 0 spiro atoms. The first kappa shape index (κ1) is 32.0. The van der Waals surface area contributed by atoms with Crippen molar-refractivity contribution >= 4 is 0 Å². The second kappa shape index (κ2) is 12.4. The maximum absolute atomic E-state index is 9.03. The molecular formula is C35H55N. The van der Waals surface area contributed by atoms with Gasteiger partial charge in [0.15, 0.2) is 0 Å². The minimum atomic E-state index is 0.210. The van der Waals surface area contributed by atoms with Gasteiger partial charge in [0.05, 0.1) is 11.6 Å². The minimum Gasteiger partial charge on any atom is -0.192 e. The second-order valence-electron chi connectivity index (χ2n) is 15.2. The average Bonchev–Trinajstić information content (AvgIpc) is 2.74. The van der Waals surface area contributed by atoms with Crippen LogP contribution in [0.4, 0.5) is 0 Å². The molecule has 1 heteroatoms. The van der Waals surface area contributed by atoms with Crippen molar-refractivity contribution in [2.24, 2.45) is 16.2 Å². The number of nitrogens with zero attached hydrogens (tertiary/aromatic N) is 1. The summed E-state index contributed by atoms with van der Waals surface area (Å²) in [5, 5.41) is 9.03. The molecular weight excluding hydrogens is 434 g/mol. The standard InChI is InChI=1S/C18H30.C17H25N/c1-8-14(13-17(2,3)4)15-9-11-16(12-10-15)18(5,6)7;1-16(2,3)11-15(17(4,5)6)14-9-7-8-13(10-14)12-18/h9-12,14H,8,13H2,1-7H3;7-10,15H,11H2,1-6H3. The van der Waals surface area contributed by atoms with Gasteiger partial charge in [-0.1, -0.05) is 126 Å². The Hall–Kier alpha value is -2.07. The van der Waals surface area contributed by atoms with Crippen molar-refractivity contribution in [2.45, 2.75) is 127 Å². The maximum Gasteiger partial charge on any atom is 0.0991 e. The lowest BCUT2D eigenvalue weighted by atomic mass is 9.69. The molecule has 36 heavy (non-hydrogen) atoms. The average molecular weight is 490 g/mol. The highest BCUT2D eigenvalue weighted by Crippen LogP contribution is 2.43. The van der Waals surface area contributed by atoms with Crippen LogP contribution in [-0.2, 0) is 5.41 Å². The van der Waals surface area contributed by atoms with Crippen molar-refractivity contribution in [3.8, 4) is 6.07 Å². The molecule has 2 aromatic carbocycles. The van der Waals surface area contributed by atoms with Gasteiger partial charge in [0, 0.05) is 0 Å². The molecule has 0 fully saturated rings. The minimum absolute atomic E-state index is 0.210. The van der Waals surface area contributed by atoms with E-state index in [0.29, 0.717) is 22.7 Å². The molecule has 0 saturated carbocycles.